The van der Waals surface area contributed by atoms with Crippen molar-refractivity contribution in [1.82, 2.24) is 29.1 Å². The van der Waals surface area contributed by atoms with Crippen LogP contribution in [0.5, 0.6) is 5.75 Å². The number of fused-ring (bicyclic) bond motifs is 3. The maximum Gasteiger partial charge on any atom is 0.336 e. The molecule has 3 heterocycles. The van der Waals surface area contributed by atoms with Gasteiger partial charge in [-0.2, -0.15) is 0 Å². The van der Waals surface area contributed by atoms with Crippen molar-refractivity contribution in [3.8, 4) is 17.1 Å². The van der Waals surface area contributed by atoms with Gasteiger partial charge in [0, 0.05) is 6.54 Å². The van der Waals surface area contributed by atoms with Gasteiger partial charge in [0.15, 0.2) is 11.3 Å². The predicted molar refractivity (Wildman–Crippen MR) is 108 cm³/mol. The summed E-state index contributed by atoms with van der Waals surface area (Å²) in [6.45, 7) is 5.48. The first kappa shape index (κ1) is 18.2. The van der Waals surface area contributed by atoms with Crippen LogP contribution in [0.25, 0.3) is 28.2 Å². The highest BCUT2D eigenvalue weighted by atomic mass is 16.5. The standard InChI is InChI=1S/C20H24N6O2/c1-3-5-11-25-18-16(19-24-21-13-26(19)20(25)27)22-17(23-18)14-9-7-8-10-15(14)28-12-6-4-2/h7-10,13H,3-6,11-12H2,1-2H3,(H,22,23). The molecule has 4 aromatic rings. The topological polar surface area (TPSA) is 90.1 Å². The lowest BCUT2D eigenvalue weighted by molar-refractivity contribution is 0.310. The van der Waals surface area contributed by atoms with Crippen molar-refractivity contribution in [2.75, 3.05) is 6.61 Å². The Kier molecular flexibility index (Phi) is 5.10. The van der Waals surface area contributed by atoms with Crippen LogP contribution in [0.4, 0.5) is 0 Å². The molecule has 0 aliphatic carbocycles. The summed E-state index contributed by atoms with van der Waals surface area (Å²) < 4.78 is 9.11. The number of benzene rings is 1. The molecule has 0 spiro atoms. The zero-order chi connectivity index (χ0) is 19.5. The van der Waals surface area contributed by atoms with E-state index < -0.39 is 0 Å². The van der Waals surface area contributed by atoms with Crippen molar-refractivity contribution in [2.45, 2.75) is 46.1 Å². The number of aryl methyl sites for hydroxylation is 1. The van der Waals surface area contributed by atoms with E-state index in [4.69, 9.17) is 9.72 Å². The quantitative estimate of drug-likeness (QED) is 0.473. The highest BCUT2D eigenvalue weighted by Gasteiger charge is 2.18. The molecule has 1 N–H and O–H groups in total. The Balaban J connectivity index is 1.88. The van der Waals surface area contributed by atoms with E-state index in [-0.39, 0.29) is 5.69 Å². The molecule has 146 valence electrons. The number of hydrogen-bond donors (Lipinski definition) is 1. The summed E-state index contributed by atoms with van der Waals surface area (Å²) >= 11 is 0. The first-order valence-corrected chi connectivity index (χ1v) is 9.79. The number of aromatic nitrogens is 6. The van der Waals surface area contributed by atoms with Crippen molar-refractivity contribution in [3.05, 3.63) is 41.1 Å². The Bertz CT molecular complexity index is 1160. The molecule has 0 radical (unpaired) electrons. The number of hydrogen-bond acceptors (Lipinski definition) is 5. The van der Waals surface area contributed by atoms with Crippen LogP contribution >= 0.6 is 0 Å². The van der Waals surface area contributed by atoms with Crippen LogP contribution in [0.1, 0.15) is 39.5 Å². The van der Waals surface area contributed by atoms with Gasteiger partial charge in [0.1, 0.15) is 23.4 Å². The lowest BCUT2D eigenvalue weighted by Gasteiger charge is -2.09. The van der Waals surface area contributed by atoms with Crippen LogP contribution in [0, 0.1) is 0 Å². The van der Waals surface area contributed by atoms with E-state index >= 15 is 0 Å². The summed E-state index contributed by atoms with van der Waals surface area (Å²) in [5.74, 6) is 1.43. The van der Waals surface area contributed by atoms with Gasteiger partial charge in [0.05, 0.1) is 12.2 Å². The van der Waals surface area contributed by atoms with Gasteiger partial charge in [-0.1, -0.05) is 38.8 Å². The second-order valence-corrected chi connectivity index (χ2v) is 6.79. The molecule has 0 fully saturated rings. The van der Waals surface area contributed by atoms with Crippen molar-refractivity contribution < 1.29 is 4.74 Å². The summed E-state index contributed by atoms with van der Waals surface area (Å²) in [4.78, 5) is 21.0. The minimum Gasteiger partial charge on any atom is -0.493 e. The number of para-hydroxylation sites is 1. The molecule has 0 saturated heterocycles. The fraction of sp³-hybridized carbons (Fsp3) is 0.400. The molecule has 0 unspecified atom stereocenters. The minimum absolute atomic E-state index is 0.175. The van der Waals surface area contributed by atoms with Crippen LogP contribution in [-0.2, 0) is 6.54 Å². The fourth-order valence-corrected chi connectivity index (χ4v) is 3.24. The molecular formula is C20H24N6O2. The maximum absolute atomic E-state index is 12.9. The average molecular weight is 380 g/mol. The fourth-order valence-electron chi connectivity index (χ4n) is 3.24. The number of unbranched alkanes of at least 4 members (excludes halogenated alkanes) is 2. The molecule has 4 rings (SSSR count). The molecule has 8 heteroatoms. The number of rotatable bonds is 8. The van der Waals surface area contributed by atoms with Crippen molar-refractivity contribution >= 4 is 16.8 Å². The van der Waals surface area contributed by atoms with Gasteiger partial charge in [-0.15, -0.1) is 10.2 Å². The highest BCUT2D eigenvalue weighted by molar-refractivity contribution is 5.88. The molecule has 0 saturated carbocycles. The third-order valence-corrected chi connectivity index (χ3v) is 4.78. The summed E-state index contributed by atoms with van der Waals surface area (Å²) in [6.07, 6.45) is 5.38. The summed E-state index contributed by atoms with van der Waals surface area (Å²) in [6, 6.07) is 7.80. The van der Waals surface area contributed by atoms with Crippen LogP contribution in [0.3, 0.4) is 0 Å². The molecular weight excluding hydrogens is 356 g/mol. The Hall–Kier alpha value is -3.16. The predicted octanol–water partition coefficient (Wildman–Crippen LogP) is 3.41. The van der Waals surface area contributed by atoms with Gasteiger partial charge < -0.3 is 9.72 Å². The summed E-state index contributed by atoms with van der Waals surface area (Å²) in [5.41, 5.74) is 2.47. The van der Waals surface area contributed by atoms with E-state index in [1.54, 1.807) is 4.57 Å². The van der Waals surface area contributed by atoms with E-state index in [9.17, 15) is 4.79 Å². The van der Waals surface area contributed by atoms with E-state index in [0.29, 0.717) is 35.8 Å². The second-order valence-electron chi connectivity index (χ2n) is 6.79. The molecule has 28 heavy (non-hydrogen) atoms. The zero-order valence-electron chi connectivity index (χ0n) is 16.2. The van der Waals surface area contributed by atoms with Crippen molar-refractivity contribution in [1.29, 1.82) is 0 Å². The average Bonchev–Trinajstić information content (AvgIpc) is 3.36. The maximum atomic E-state index is 12.9. The molecule has 0 aliphatic rings. The smallest absolute Gasteiger partial charge is 0.336 e. The molecule has 1 aromatic carbocycles. The van der Waals surface area contributed by atoms with Crippen LogP contribution in [0.15, 0.2) is 35.4 Å². The van der Waals surface area contributed by atoms with Crippen molar-refractivity contribution in [3.63, 3.8) is 0 Å². The first-order valence-electron chi connectivity index (χ1n) is 9.79. The normalized spacial score (nSPS) is 11.5. The molecule has 8 nitrogen and oxygen atoms in total. The number of nitrogens with zero attached hydrogens (tertiary/aromatic N) is 5. The number of nitrogens with one attached hydrogen (secondary N) is 1. The van der Waals surface area contributed by atoms with Gasteiger partial charge in [0.2, 0.25) is 0 Å². The van der Waals surface area contributed by atoms with Crippen molar-refractivity contribution in [2.24, 2.45) is 0 Å². The van der Waals surface area contributed by atoms with Gasteiger partial charge in [-0.25, -0.2) is 14.2 Å². The van der Waals surface area contributed by atoms with Gasteiger partial charge in [-0.3, -0.25) is 4.57 Å². The van der Waals surface area contributed by atoms with Crippen LogP contribution in [0.2, 0.25) is 0 Å². The Morgan fingerprint density at radius 1 is 1.11 bits per heavy atom. The van der Waals surface area contributed by atoms with E-state index in [1.165, 1.54) is 10.7 Å². The summed E-state index contributed by atoms with van der Waals surface area (Å²) in [7, 11) is 0. The highest BCUT2D eigenvalue weighted by Crippen LogP contribution is 2.30. The SMILES string of the molecule is CCCCOc1ccccc1-c1nc2c([nH]1)c1nncn1c(=O)n2CCCC. The van der Waals surface area contributed by atoms with Gasteiger partial charge >= 0.3 is 5.69 Å². The molecule has 3 aromatic heterocycles. The molecule has 0 atom stereocenters. The Labute approximate surface area is 162 Å². The van der Waals surface area contributed by atoms with E-state index in [1.807, 2.05) is 24.3 Å². The second kappa shape index (κ2) is 7.84. The molecule has 0 amide bonds. The van der Waals surface area contributed by atoms with E-state index in [2.05, 4.69) is 29.0 Å². The Morgan fingerprint density at radius 2 is 1.93 bits per heavy atom. The minimum atomic E-state index is -0.175. The lowest BCUT2D eigenvalue weighted by atomic mass is 10.2. The van der Waals surface area contributed by atoms with Crippen LogP contribution in [-0.4, -0.2) is 35.7 Å². The van der Waals surface area contributed by atoms with Gasteiger partial charge in [-0.05, 0) is 25.0 Å². The third-order valence-electron chi connectivity index (χ3n) is 4.78. The largest absolute Gasteiger partial charge is 0.493 e. The zero-order valence-corrected chi connectivity index (χ0v) is 16.2. The number of H-pyrrole nitrogens is 1. The third kappa shape index (κ3) is 3.15. The molecule has 0 bridgehead atoms. The monoisotopic (exact) mass is 380 g/mol. The number of ether oxygens (including phenoxy) is 1. The number of imidazole rings is 1. The summed E-state index contributed by atoms with van der Waals surface area (Å²) in [5, 5.41) is 8.03. The van der Waals surface area contributed by atoms with Crippen LogP contribution < -0.4 is 10.4 Å². The Morgan fingerprint density at radius 3 is 2.75 bits per heavy atom. The molecule has 0 aliphatic heterocycles. The van der Waals surface area contributed by atoms with E-state index in [0.717, 1.165) is 37.0 Å². The number of aromatic amines is 1. The lowest BCUT2D eigenvalue weighted by Crippen LogP contribution is -2.27. The van der Waals surface area contributed by atoms with Gasteiger partial charge in [0.25, 0.3) is 0 Å². The first-order chi connectivity index (χ1) is 13.7.